The zero-order valence-corrected chi connectivity index (χ0v) is 14.5. The molecule has 25 heavy (non-hydrogen) atoms. The Bertz CT molecular complexity index is 762. The number of hydrogen-bond acceptors (Lipinski definition) is 5. The summed E-state index contributed by atoms with van der Waals surface area (Å²) >= 11 is 0. The molecule has 0 saturated carbocycles. The topological polar surface area (TPSA) is 89.6 Å². The van der Waals surface area contributed by atoms with Crippen LogP contribution >= 0.6 is 0 Å². The number of carbonyl (C=O) groups excluding carboxylic acids is 2. The molecule has 2 rings (SSSR count). The van der Waals surface area contributed by atoms with Gasteiger partial charge in [0.05, 0.1) is 19.9 Å². The lowest BCUT2D eigenvalue weighted by molar-refractivity contribution is 0.0948. The zero-order chi connectivity index (χ0) is 18.2. The predicted molar refractivity (Wildman–Crippen MR) is 94.4 cm³/mol. The molecule has 2 aromatic rings. The minimum Gasteiger partial charge on any atom is -0.497 e. The molecule has 0 unspecified atom stereocenters. The average Bonchev–Trinajstić information content (AvgIpc) is 2.66. The molecule has 1 heterocycles. The number of pyridine rings is 1. The van der Waals surface area contributed by atoms with E-state index in [9.17, 15) is 9.59 Å². The Labute approximate surface area is 146 Å². The van der Waals surface area contributed by atoms with E-state index < -0.39 is 0 Å². The molecule has 1 aromatic heterocycles. The number of aromatic nitrogens is 1. The van der Waals surface area contributed by atoms with Crippen molar-refractivity contribution in [3.05, 3.63) is 47.8 Å². The Kier molecular flexibility index (Phi) is 6.33. The number of methoxy groups -OCH3 is 2. The number of nitrogens with zero attached hydrogens (tertiary/aromatic N) is 1. The van der Waals surface area contributed by atoms with Gasteiger partial charge >= 0.3 is 0 Å². The van der Waals surface area contributed by atoms with Crippen molar-refractivity contribution in [1.29, 1.82) is 0 Å². The standard InChI is InChI=1S/C18H21N3O4/c1-4-8-20-18(23)15-10-12(7-9-19-15)17(22)21-14-11-13(24-2)5-6-16(14)25-3/h5-7,9-11H,4,8H2,1-3H3,(H,20,23)(H,21,22). The van der Waals surface area contributed by atoms with Gasteiger partial charge in [-0.2, -0.15) is 0 Å². The van der Waals surface area contributed by atoms with E-state index in [0.717, 1.165) is 6.42 Å². The minimum absolute atomic E-state index is 0.193. The highest BCUT2D eigenvalue weighted by Crippen LogP contribution is 2.29. The van der Waals surface area contributed by atoms with Crippen molar-refractivity contribution in [2.75, 3.05) is 26.1 Å². The van der Waals surface area contributed by atoms with Crippen molar-refractivity contribution < 1.29 is 19.1 Å². The minimum atomic E-state index is -0.376. The summed E-state index contributed by atoms with van der Waals surface area (Å²) in [7, 11) is 3.05. The SMILES string of the molecule is CCCNC(=O)c1cc(C(=O)Nc2cc(OC)ccc2OC)ccn1. The van der Waals surface area contributed by atoms with Crippen molar-refractivity contribution in [3.8, 4) is 11.5 Å². The fraction of sp³-hybridized carbons (Fsp3) is 0.278. The Morgan fingerprint density at radius 2 is 1.88 bits per heavy atom. The lowest BCUT2D eigenvalue weighted by Crippen LogP contribution is -2.25. The molecular formula is C18H21N3O4. The molecule has 0 aliphatic heterocycles. The van der Waals surface area contributed by atoms with Crippen LogP contribution in [0.25, 0.3) is 0 Å². The summed E-state index contributed by atoms with van der Waals surface area (Å²) in [6, 6.07) is 8.08. The van der Waals surface area contributed by atoms with Crippen LogP contribution in [0.15, 0.2) is 36.5 Å². The number of nitrogens with one attached hydrogen (secondary N) is 2. The first-order valence-electron chi connectivity index (χ1n) is 7.86. The predicted octanol–water partition coefficient (Wildman–Crippen LogP) is 2.49. The number of ether oxygens (including phenoxy) is 2. The van der Waals surface area contributed by atoms with Gasteiger partial charge in [-0.05, 0) is 30.7 Å². The highest BCUT2D eigenvalue weighted by molar-refractivity contribution is 6.06. The van der Waals surface area contributed by atoms with Gasteiger partial charge in [-0.15, -0.1) is 0 Å². The van der Waals surface area contributed by atoms with E-state index in [1.165, 1.54) is 26.5 Å². The van der Waals surface area contributed by atoms with E-state index in [0.29, 0.717) is 29.3 Å². The molecule has 0 saturated heterocycles. The molecule has 2 N–H and O–H groups in total. The van der Waals surface area contributed by atoms with Crippen LogP contribution in [0, 0.1) is 0 Å². The van der Waals surface area contributed by atoms with Crippen molar-refractivity contribution in [2.24, 2.45) is 0 Å². The van der Waals surface area contributed by atoms with Crippen LogP contribution in [0.2, 0.25) is 0 Å². The Morgan fingerprint density at radius 1 is 1.08 bits per heavy atom. The van der Waals surface area contributed by atoms with Crippen molar-refractivity contribution >= 4 is 17.5 Å². The van der Waals surface area contributed by atoms with Crippen LogP contribution < -0.4 is 20.1 Å². The quantitative estimate of drug-likeness (QED) is 0.806. The third-order valence-electron chi connectivity index (χ3n) is 3.45. The van der Waals surface area contributed by atoms with E-state index >= 15 is 0 Å². The molecule has 7 heteroatoms. The van der Waals surface area contributed by atoms with Gasteiger partial charge in [0.25, 0.3) is 11.8 Å². The maximum atomic E-state index is 12.5. The summed E-state index contributed by atoms with van der Waals surface area (Å²) in [5.41, 5.74) is 0.987. The van der Waals surface area contributed by atoms with E-state index in [4.69, 9.17) is 9.47 Å². The molecule has 1 aromatic carbocycles. The largest absolute Gasteiger partial charge is 0.497 e. The van der Waals surface area contributed by atoms with Crippen LogP contribution in [0.1, 0.15) is 34.2 Å². The molecular weight excluding hydrogens is 322 g/mol. The van der Waals surface area contributed by atoms with Gasteiger partial charge in [0, 0.05) is 24.4 Å². The average molecular weight is 343 g/mol. The fourth-order valence-corrected chi connectivity index (χ4v) is 2.13. The summed E-state index contributed by atoms with van der Waals surface area (Å²) in [5, 5.41) is 5.49. The molecule has 0 aliphatic carbocycles. The third-order valence-corrected chi connectivity index (χ3v) is 3.45. The maximum Gasteiger partial charge on any atom is 0.269 e. The van der Waals surface area contributed by atoms with E-state index in [-0.39, 0.29) is 17.5 Å². The van der Waals surface area contributed by atoms with Crippen LogP contribution in [-0.2, 0) is 0 Å². The van der Waals surface area contributed by atoms with Gasteiger partial charge in [0.15, 0.2) is 0 Å². The summed E-state index contributed by atoms with van der Waals surface area (Å²) < 4.78 is 10.4. The Hall–Kier alpha value is -3.09. The number of benzene rings is 1. The van der Waals surface area contributed by atoms with Gasteiger partial charge in [0.2, 0.25) is 0 Å². The Morgan fingerprint density at radius 3 is 2.56 bits per heavy atom. The summed E-state index contributed by atoms with van der Waals surface area (Å²) in [4.78, 5) is 28.5. The first kappa shape index (κ1) is 18.3. The lowest BCUT2D eigenvalue weighted by Gasteiger charge is -2.12. The third kappa shape index (κ3) is 4.69. The molecule has 0 spiro atoms. The van der Waals surface area contributed by atoms with Crippen LogP contribution in [0.4, 0.5) is 5.69 Å². The van der Waals surface area contributed by atoms with Gasteiger partial charge in [-0.3, -0.25) is 14.6 Å². The highest BCUT2D eigenvalue weighted by atomic mass is 16.5. The normalized spacial score (nSPS) is 10.0. The summed E-state index contributed by atoms with van der Waals surface area (Å²) in [5.74, 6) is 0.406. The second kappa shape index (κ2) is 8.68. The number of rotatable bonds is 7. The van der Waals surface area contributed by atoms with Crippen LogP contribution in [0.3, 0.4) is 0 Å². The van der Waals surface area contributed by atoms with Gasteiger partial charge in [0.1, 0.15) is 17.2 Å². The van der Waals surface area contributed by atoms with E-state index in [1.54, 1.807) is 24.3 Å². The summed E-state index contributed by atoms with van der Waals surface area (Å²) in [6.45, 7) is 2.51. The van der Waals surface area contributed by atoms with E-state index in [1.807, 2.05) is 6.92 Å². The second-order valence-corrected chi connectivity index (χ2v) is 5.21. The maximum absolute atomic E-state index is 12.5. The van der Waals surface area contributed by atoms with Crippen molar-refractivity contribution in [1.82, 2.24) is 10.3 Å². The van der Waals surface area contributed by atoms with Crippen LogP contribution in [-0.4, -0.2) is 37.6 Å². The molecule has 0 fully saturated rings. The number of hydrogen-bond donors (Lipinski definition) is 2. The van der Waals surface area contributed by atoms with Gasteiger partial charge in [-0.25, -0.2) is 0 Å². The number of anilines is 1. The molecule has 0 radical (unpaired) electrons. The molecule has 0 bridgehead atoms. The van der Waals surface area contributed by atoms with Crippen molar-refractivity contribution in [2.45, 2.75) is 13.3 Å². The first-order chi connectivity index (χ1) is 12.1. The van der Waals surface area contributed by atoms with E-state index in [2.05, 4.69) is 15.6 Å². The fourth-order valence-electron chi connectivity index (χ4n) is 2.13. The smallest absolute Gasteiger partial charge is 0.269 e. The zero-order valence-electron chi connectivity index (χ0n) is 14.5. The molecule has 7 nitrogen and oxygen atoms in total. The number of amides is 2. The highest BCUT2D eigenvalue weighted by Gasteiger charge is 2.14. The molecule has 132 valence electrons. The molecule has 0 atom stereocenters. The van der Waals surface area contributed by atoms with Gasteiger partial charge < -0.3 is 20.1 Å². The monoisotopic (exact) mass is 343 g/mol. The number of carbonyl (C=O) groups is 2. The molecule has 0 aliphatic rings. The lowest BCUT2D eigenvalue weighted by atomic mass is 10.2. The van der Waals surface area contributed by atoms with Gasteiger partial charge in [-0.1, -0.05) is 6.92 Å². The van der Waals surface area contributed by atoms with Crippen LogP contribution in [0.5, 0.6) is 11.5 Å². The summed E-state index contributed by atoms with van der Waals surface area (Å²) in [6.07, 6.45) is 2.25. The first-order valence-corrected chi connectivity index (χ1v) is 7.86. The Balaban J connectivity index is 2.20. The second-order valence-electron chi connectivity index (χ2n) is 5.21. The molecule has 2 amide bonds. The van der Waals surface area contributed by atoms with Crippen molar-refractivity contribution in [3.63, 3.8) is 0 Å².